The van der Waals surface area contributed by atoms with Gasteiger partial charge in [-0.3, -0.25) is 14.9 Å². The average Bonchev–Trinajstić information content (AvgIpc) is 2.48. The molecule has 0 aliphatic carbocycles. The molecule has 1 N–H and O–H groups in total. The second-order valence-corrected chi connectivity index (χ2v) is 5.13. The number of nitrogens with one attached hydrogen (secondary N) is 1. The number of nitro groups is 1. The maximum Gasteiger partial charge on any atom is 0.271 e. The number of benzene rings is 2. The number of hydrogen-bond donors (Lipinski definition) is 1. The molecule has 0 atom stereocenters. The van der Waals surface area contributed by atoms with Gasteiger partial charge in [0, 0.05) is 16.6 Å². The Morgan fingerprint density at radius 2 is 1.95 bits per heavy atom. The minimum absolute atomic E-state index is 0.265. The summed E-state index contributed by atoms with van der Waals surface area (Å²) in [5, 5.41) is 12.9. The first-order valence-electron chi connectivity index (χ1n) is 6.08. The first kappa shape index (κ1) is 15.9. The van der Waals surface area contributed by atoms with Gasteiger partial charge in [-0.1, -0.05) is 15.9 Å². The largest absolute Gasteiger partial charge is 0.484 e. The van der Waals surface area contributed by atoms with E-state index in [0.29, 0.717) is 5.75 Å². The molecule has 0 heterocycles. The third-order valence-corrected chi connectivity index (χ3v) is 3.15. The van der Waals surface area contributed by atoms with Gasteiger partial charge >= 0.3 is 0 Å². The Hall–Kier alpha value is -2.48. The molecule has 0 aromatic heterocycles. The highest BCUT2D eigenvalue weighted by Gasteiger charge is 2.13. The molecule has 0 saturated carbocycles. The van der Waals surface area contributed by atoms with E-state index >= 15 is 0 Å². The molecular weight excluding hydrogens is 359 g/mol. The molecule has 6 nitrogen and oxygen atoms in total. The van der Waals surface area contributed by atoms with Gasteiger partial charge in [-0.25, -0.2) is 4.39 Å². The summed E-state index contributed by atoms with van der Waals surface area (Å²) in [6, 6.07) is 9.69. The fourth-order valence-electron chi connectivity index (χ4n) is 1.59. The number of carbonyl (C=O) groups is 1. The van der Waals surface area contributed by atoms with Gasteiger partial charge in [-0.15, -0.1) is 0 Å². The molecule has 2 aromatic rings. The van der Waals surface area contributed by atoms with Crippen LogP contribution in [0, 0.1) is 15.9 Å². The molecule has 2 aromatic carbocycles. The number of hydrogen-bond acceptors (Lipinski definition) is 4. The van der Waals surface area contributed by atoms with Crippen molar-refractivity contribution in [2.24, 2.45) is 0 Å². The number of amides is 1. The Morgan fingerprint density at radius 3 is 2.59 bits per heavy atom. The average molecular weight is 369 g/mol. The zero-order valence-corrected chi connectivity index (χ0v) is 12.7. The number of rotatable bonds is 5. The third-order valence-electron chi connectivity index (χ3n) is 2.62. The van der Waals surface area contributed by atoms with Crippen LogP contribution < -0.4 is 10.1 Å². The minimum atomic E-state index is -0.761. The van der Waals surface area contributed by atoms with E-state index in [0.717, 1.165) is 22.7 Å². The predicted octanol–water partition coefficient (Wildman–Crippen LogP) is 3.51. The molecule has 22 heavy (non-hydrogen) atoms. The van der Waals surface area contributed by atoms with Crippen LogP contribution in [-0.4, -0.2) is 17.4 Å². The smallest absolute Gasteiger partial charge is 0.271 e. The van der Waals surface area contributed by atoms with Gasteiger partial charge in [0.2, 0.25) is 0 Å². The lowest BCUT2D eigenvalue weighted by Crippen LogP contribution is -2.20. The maximum atomic E-state index is 13.5. The molecule has 1 amide bonds. The van der Waals surface area contributed by atoms with Crippen molar-refractivity contribution >= 4 is 33.2 Å². The fourth-order valence-corrected chi connectivity index (χ4v) is 1.85. The van der Waals surface area contributed by atoms with Crippen molar-refractivity contribution in [3.05, 3.63) is 62.9 Å². The highest BCUT2D eigenvalue weighted by molar-refractivity contribution is 9.10. The van der Waals surface area contributed by atoms with Gasteiger partial charge in [0.1, 0.15) is 11.6 Å². The molecule has 0 unspecified atom stereocenters. The van der Waals surface area contributed by atoms with Crippen LogP contribution in [0.3, 0.4) is 0 Å². The van der Waals surface area contributed by atoms with Crippen molar-refractivity contribution in [1.29, 1.82) is 0 Å². The number of carbonyl (C=O) groups excluding carboxylic acids is 1. The summed E-state index contributed by atoms with van der Waals surface area (Å²) in [6.07, 6.45) is 0. The van der Waals surface area contributed by atoms with E-state index in [1.165, 1.54) is 0 Å². The Morgan fingerprint density at radius 1 is 1.27 bits per heavy atom. The topological polar surface area (TPSA) is 81.5 Å². The van der Waals surface area contributed by atoms with E-state index < -0.39 is 16.6 Å². The number of anilines is 1. The highest BCUT2D eigenvalue weighted by Crippen LogP contribution is 2.21. The SMILES string of the molecule is O=C(COc1ccc(Br)cc1)Nc1cc([N+](=O)[O-])ccc1F. The summed E-state index contributed by atoms with van der Waals surface area (Å²) in [4.78, 5) is 21.7. The van der Waals surface area contributed by atoms with Crippen LogP contribution in [0.25, 0.3) is 0 Å². The van der Waals surface area contributed by atoms with E-state index in [-0.39, 0.29) is 18.0 Å². The van der Waals surface area contributed by atoms with Crippen molar-refractivity contribution in [1.82, 2.24) is 0 Å². The number of non-ortho nitro benzene ring substituents is 1. The van der Waals surface area contributed by atoms with E-state index in [2.05, 4.69) is 21.2 Å². The van der Waals surface area contributed by atoms with Crippen LogP contribution in [0.15, 0.2) is 46.9 Å². The number of nitrogens with zero attached hydrogens (tertiary/aromatic N) is 1. The Bertz CT molecular complexity index is 706. The Kier molecular flexibility index (Phi) is 5.05. The Balaban J connectivity index is 1.98. The molecule has 0 aliphatic rings. The normalized spacial score (nSPS) is 10.1. The van der Waals surface area contributed by atoms with E-state index in [1.807, 2.05) is 0 Å². The summed E-state index contributed by atoms with van der Waals surface area (Å²) >= 11 is 3.26. The Labute approximate surface area is 133 Å². The van der Waals surface area contributed by atoms with Gasteiger partial charge in [0.05, 0.1) is 10.6 Å². The summed E-state index contributed by atoms with van der Waals surface area (Å²) in [5.74, 6) is -0.914. The molecule has 0 spiro atoms. The number of ether oxygens (including phenoxy) is 1. The quantitative estimate of drug-likeness (QED) is 0.646. The van der Waals surface area contributed by atoms with Crippen molar-refractivity contribution in [2.75, 3.05) is 11.9 Å². The molecule has 0 radical (unpaired) electrons. The molecule has 114 valence electrons. The maximum absolute atomic E-state index is 13.5. The summed E-state index contributed by atoms with van der Waals surface area (Å²) in [7, 11) is 0. The van der Waals surface area contributed by atoms with E-state index in [9.17, 15) is 19.3 Å². The van der Waals surface area contributed by atoms with Crippen molar-refractivity contribution in [2.45, 2.75) is 0 Å². The van der Waals surface area contributed by atoms with Gasteiger partial charge in [-0.2, -0.15) is 0 Å². The van der Waals surface area contributed by atoms with Gasteiger partial charge in [-0.05, 0) is 30.3 Å². The minimum Gasteiger partial charge on any atom is -0.484 e. The lowest BCUT2D eigenvalue weighted by atomic mass is 10.2. The number of nitro benzene ring substituents is 1. The second-order valence-electron chi connectivity index (χ2n) is 4.21. The predicted molar refractivity (Wildman–Crippen MR) is 81.3 cm³/mol. The summed E-state index contributed by atoms with van der Waals surface area (Å²) < 4.78 is 19.6. The summed E-state index contributed by atoms with van der Waals surface area (Å²) in [5.41, 5.74) is -0.580. The van der Waals surface area contributed by atoms with Crippen LogP contribution in [-0.2, 0) is 4.79 Å². The zero-order valence-electron chi connectivity index (χ0n) is 11.1. The van der Waals surface area contributed by atoms with Crippen LogP contribution >= 0.6 is 15.9 Å². The van der Waals surface area contributed by atoms with Crippen molar-refractivity contribution in [3.8, 4) is 5.75 Å². The molecular formula is C14H10BrFN2O4. The van der Waals surface area contributed by atoms with Crippen LogP contribution in [0.4, 0.5) is 15.8 Å². The lowest BCUT2D eigenvalue weighted by Gasteiger charge is -2.08. The van der Waals surface area contributed by atoms with Crippen molar-refractivity contribution < 1.29 is 18.8 Å². The van der Waals surface area contributed by atoms with Gasteiger partial charge in [0.15, 0.2) is 6.61 Å². The fraction of sp³-hybridized carbons (Fsp3) is 0.0714. The third kappa shape index (κ3) is 4.26. The molecule has 2 rings (SSSR count). The van der Waals surface area contributed by atoms with Gasteiger partial charge < -0.3 is 10.1 Å². The number of halogens is 2. The summed E-state index contributed by atoms with van der Waals surface area (Å²) in [6.45, 7) is -0.343. The van der Waals surface area contributed by atoms with Crippen LogP contribution in [0.5, 0.6) is 5.75 Å². The first-order chi connectivity index (χ1) is 10.5. The molecule has 0 aliphatic heterocycles. The first-order valence-corrected chi connectivity index (χ1v) is 6.87. The molecule has 0 saturated heterocycles. The van der Waals surface area contributed by atoms with Crippen LogP contribution in [0.1, 0.15) is 0 Å². The van der Waals surface area contributed by atoms with Crippen molar-refractivity contribution in [3.63, 3.8) is 0 Å². The van der Waals surface area contributed by atoms with Crippen LogP contribution in [0.2, 0.25) is 0 Å². The van der Waals surface area contributed by atoms with E-state index in [4.69, 9.17) is 4.74 Å². The monoisotopic (exact) mass is 368 g/mol. The zero-order chi connectivity index (χ0) is 16.1. The molecule has 0 bridgehead atoms. The second kappa shape index (κ2) is 6.99. The standard InChI is InChI=1S/C14H10BrFN2O4/c15-9-1-4-11(5-2-9)22-8-14(19)17-13-7-10(18(20)21)3-6-12(13)16/h1-7H,8H2,(H,17,19). The molecule has 0 fully saturated rings. The highest BCUT2D eigenvalue weighted by atomic mass is 79.9. The molecule has 8 heteroatoms. The lowest BCUT2D eigenvalue weighted by molar-refractivity contribution is -0.384. The van der Waals surface area contributed by atoms with Gasteiger partial charge in [0.25, 0.3) is 11.6 Å². The van der Waals surface area contributed by atoms with E-state index in [1.54, 1.807) is 24.3 Å².